The number of carbonyl (C=O) groups is 1. The molecule has 5 rings (SSSR count). The molecule has 0 aliphatic carbocycles. The molecule has 4 aromatic rings. The summed E-state index contributed by atoms with van der Waals surface area (Å²) < 4.78 is 13.4. The minimum atomic E-state index is -0.513. The number of rotatable bonds is 5. The van der Waals surface area contributed by atoms with Gasteiger partial charge in [0.2, 0.25) is 5.95 Å². The highest BCUT2D eigenvalue weighted by Gasteiger charge is 2.36. The molecule has 7 nitrogen and oxygen atoms in total. The number of ether oxygens (including phenoxy) is 2. The molecule has 0 fully saturated rings. The van der Waals surface area contributed by atoms with Crippen molar-refractivity contribution in [1.29, 1.82) is 0 Å². The minimum absolute atomic E-state index is 0.245. The van der Waals surface area contributed by atoms with Crippen molar-refractivity contribution in [2.45, 2.75) is 13.0 Å². The van der Waals surface area contributed by atoms with Crippen molar-refractivity contribution in [3.8, 4) is 11.5 Å². The number of allylic oxidation sites excluding steroid dienone is 1. The second-order valence-electron chi connectivity index (χ2n) is 7.90. The fraction of sp³-hybridized carbons (Fsp3) is 0.154. The van der Waals surface area contributed by atoms with Gasteiger partial charge in [-0.1, -0.05) is 35.9 Å². The number of hydrogen-bond acceptors (Lipinski definition) is 5. The highest BCUT2D eigenvalue weighted by atomic mass is 35.5. The summed E-state index contributed by atoms with van der Waals surface area (Å²) >= 11 is 6.02. The third kappa shape index (κ3) is 3.64. The third-order valence-electron chi connectivity index (χ3n) is 5.91. The zero-order valence-corrected chi connectivity index (χ0v) is 19.7. The Labute approximate surface area is 202 Å². The number of anilines is 2. The molecule has 1 aliphatic heterocycles. The van der Waals surface area contributed by atoms with Crippen molar-refractivity contribution in [3.63, 3.8) is 0 Å². The zero-order chi connectivity index (χ0) is 23.8. The second-order valence-corrected chi connectivity index (χ2v) is 8.34. The van der Waals surface area contributed by atoms with Crippen LogP contribution < -0.4 is 20.1 Å². The van der Waals surface area contributed by atoms with E-state index in [0.29, 0.717) is 39.4 Å². The molecule has 0 radical (unpaired) electrons. The number of hydrogen-bond donors (Lipinski definition) is 2. The Kier molecular flexibility index (Phi) is 5.63. The maximum atomic E-state index is 13.7. The molecular weight excluding hydrogens is 452 g/mol. The highest BCUT2D eigenvalue weighted by molar-refractivity contribution is 6.30. The first kappa shape index (κ1) is 21.9. The number of nitrogens with zero attached hydrogens (tertiary/aromatic N) is 2. The lowest BCUT2D eigenvalue weighted by molar-refractivity contribution is -0.113. The summed E-state index contributed by atoms with van der Waals surface area (Å²) in [6.07, 6.45) is 0. The molecule has 0 bridgehead atoms. The number of imidazole rings is 1. The molecule has 1 aliphatic rings. The number of halogens is 1. The molecule has 2 heterocycles. The first-order valence-electron chi connectivity index (χ1n) is 10.7. The van der Waals surface area contributed by atoms with E-state index in [2.05, 4.69) is 10.6 Å². The van der Waals surface area contributed by atoms with E-state index >= 15 is 0 Å². The van der Waals surface area contributed by atoms with Gasteiger partial charge in [-0.25, -0.2) is 4.98 Å². The number of methoxy groups -OCH3 is 2. The molecule has 0 spiro atoms. The van der Waals surface area contributed by atoms with Crippen LogP contribution in [0.15, 0.2) is 78.0 Å². The number of nitrogens with one attached hydrogen (secondary N) is 2. The molecule has 0 saturated heterocycles. The predicted molar refractivity (Wildman–Crippen MR) is 134 cm³/mol. The molecule has 34 heavy (non-hydrogen) atoms. The maximum Gasteiger partial charge on any atom is 0.255 e. The van der Waals surface area contributed by atoms with Crippen LogP contribution in [-0.4, -0.2) is 29.7 Å². The van der Waals surface area contributed by atoms with E-state index < -0.39 is 6.04 Å². The summed E-state index contributed by atoms with van der Waals surface area (Å²) in [4.78, 5) is 18.5. The summed E-state index contributed by atoms with van der Waals surface area (Å²) in [7, 11) is 3.19. The van der Waals surface area contributed by atoms with Crippen LogP contribution in [0.1, 0.15) is 18.5 Å². The molecule has 3 aromatic carbocycles. The van der Waals surface area contributed by atoms with Crippen LogP contribution in [0.25, 0.3) is 11.0 Å². The lowest BCUT2D eigenvalue weighted by Crippen LogP contribution is -2.31. The van der Waals surface area contributed by atoms with Gasteiger partial charge in [0, 0.05) is 22.0 Å². The molecule has 2 N–H and O–H groups in total. The third-order valence-corrected chi connectivity index (χ3v) is 6.16. The Hall–Kier alpha value is -3.97. The molecule has 1 amide bonds. The first-order chi connectivity index (χ1) is 16.5. The van der Waals surface area contributed by atoms with Crippen molar-refractivity contribution < 1.29 is 14.3 Å². The smallest absolute Gasteiger partial charge is 0.255 e. The van der Waals surface area contributed by atoms with Gasteiger partial charge >= 0.3 is 0 Å². The number of carbonyl (C=O) groups excluding carboxylic acids is 1. The lowest BCUT2D eigenvalue weighted by atomic mass is 9.93. The molecule has 8 heteroatoms. The fourth-order valence-corrected chi connectivity index (χ4v) is 4.54. The van der Waals surface area contributed by atoms with E-state index in [-0.39, 0.29) is 5.91 Å². The number of benzene rings is 3. The van der Waals surface area contributed by atoms with Crippen molar-refractivity contribution >= 4 is 40.2 Å². The van der Waals surface area contributed by atoms with E-state index in [1.54, 1.807) is 38.5 Å². The summed E-state index contributed by atoms with van der Waals surface area (Å²) in [5, 5.41) is 6.92. The Bertz CT molecular complexity index is 1430. The van der Waals surface area contributed by atoms with E-state index in [0.717, 1.165) is 16.6 Å². The molecule has 1 aromatic heterocycles. The van der Waals surface area contributed by atoms with Crippen LogP contribution in [0.2, 0.25) is 5.02 Å². The van der Waals surface area contributed by atoms with Gasteiger partial charge in [-0.3, -0.25) is 9.36 Å². The van der Waals surface area contributed by atoms with Crippen LogP contribution in [-0.2, 0) is 4.79 Å². The monoisotopic (exact) mass is 474 g/mol. The topological polar surface area (TPSA) is 77.4 Å². The fourth-order valence-electron chi connectivity index (χ4n) is 4.41. The van der Waals surface area contributed by atoms with E-state index in [1.807, 2.05) is 54.0 Å². The second kappa shape index (κ2) is 8.76. The van der Waals surface area contributed by atoms with Gasteiger partial charge in [0.05, 0.1) is 36.9 Å². The van der Waals surface area contributed by atoms with Crippen LogP contribution in [0.4, 0.5) is 11.6 Å². The average Bonchev–Trinajstić information content (AvgIpc) is 3.21. The summed E-state index contributed by atoms with van der Waals surface area (Å²) in [6, 6.07) is 20.0. The Morgan fingerprint density at radius 3 is 2.53 bits per heavy atom. The summed E-state index contributed by atoms with van der Waals surface area (Å²) in [5.74, 6) is 1.55. The maximum absolute atomic E-state index is 13.7. The van der Waals surface area contributed by atoms with Crippen LogP contribution in [0.5, 0.6) is 11.5 Å². The Morgan fingerprint density at radius 2 is 1.79 bits per heavy atom. The van der Waals surface area contributed by atoms with Gasteiger partial charge in [-0.2, -0.15) is 0 Å². The normalized spacial score (nSPS) is 15.0. The van der Waals surface area contributed by atoms with E-state index in [9.17, 15) is 4.79 Å². The molecule has 1 atom stereocenters. The zero-order valence-electron chi connectivity index (χ0n) is 18.9. The molecular formula is C26H23ClN4O3. The molecule has 172 valence electrons. The quantitative estimate of drug-likeness (QED) is 0.391. The molecule has 0 unspecified atom stereocenters. The van der Waals surface area contributed by atoms with Gasteiger partial charge in [0.25, 0.3) is 5.91 Å². The first-order valence-corrected chi connectivity index (χ1v) is 11.1. The predicted octanol–water partition coefficient (Wildman–Crippen LogP) is 5.63. The van der Waals surface area contributed by atoms with Crippen LogP contribution in [0, 0.1) is 0 Å². The van der Waals surface area contributed by atoms with E-state index in [4.69, 9.17) is 26.1 Å². The van der Waals surface area contributed by atoms with Gasteiger partial charge < -0.3 is 20.1 Å². The number of para-hydroxylation sites is 3. The van der Waals surface area contributed by atoms with Gasteiger partial charge in [-0.05, 0) is 49.4 Å². The number of fused-ring (bicyclic) bond motifs is 3. The number of amides is 1. The minimum Gasteiger partial charge on any atom is -0.493 e. The number of aromatic nitrogens is 2. The van der Waals surface area contributed by atoms with Crippen LogP contribution >= 0.6 is 11.6 Å². The van der Waals surface area contributed by atoms with Crippen molar-refractivity contribution in [2.75, 3.05) is 24.9 Å². The van der Waals surface area contributed by atoms with Crippen LogP contribution in [0.3, 0.4) is 0 Å². The van der Waals surface area contributed by atoms with E-state index in [1.165, 1.54) is 0 Å². The standard InChI is InChI=1S/C26H23ClN4O3/c1-15-22(25(32)29-17-13-11-16(27)12-14-17)23(18-7-6-10-21(33-2)24(18)34-3)31-20-9-5-4-8-19(20)30-26(31)28-15/h4-14,23H,1-3H3,(H,28,30)(H,29,32)/t23-/m0/s1. The molecule has 0 saturated carbocycles. The Morgan fingerprint density at radius 1 is 1.03 bits per heavy atom. The summed E-state index contributed by atoms with van der Waals surface area (Å²) in [5.41, 5.74) is 4.38. The average molecular weight is 475 g/mol. The highest BCUT2D eigenvalue weighted by Crippen LogP contribution is 2.45. The Balaban J connectivity index is 1.71. The summed E-state index contributed by atoms with van der Waals surface area (Å²) in [6.45, 7) is 1.87. The SMILES string of the molecule is COc1cccc([C@H]2C(C(=O)Nc3ccc(Cl)cc3)=C(C)Nc3nc4ccccc4n32)c1OC. The van der Waals surface area contributed by atoms with Crippen molar-refractivity contribution in [1.82, 2.24) is 9.55 Å². The van der Waals surface area contributed by atoms with Crippen molar-refractivity contribution in [3.05, 3.63) is 88.6 Å². The van der Waals surface area contributed by atoms with Gasteiger partial charge in [-0.15, -0.1) is 0 Å². The van der Waals surface area contributed by atoms with Crippen molar-refractivity contribution in [2.24, 2.45) is 0 Å². The van der Waals surface area contributed by atoms with Gasteiger partial charge in [0.1, 0.15) is 0 Å². The van der Waals surface area contributed by atoms with Gasteiger partial charge in [0.15, 0.2) is 11.5 Å². The largest absolute Gasteiger partial charge is 0.493 e. The lowest BCUT2D eigenvalue weighted by Gasteiger charge is -2.31.